The van der Waals surface area contributed by atoms with Crippen LogP contribution in [-0.2, 0) is 9.59 Å². The highest BCUT2D eigenvalue weighted by Gasteiger charge is 2.15. The van der Waals surface area contributed by atoms with Crippen molar-refractivity contribution in [3.8, 4) is 11.5 Å². The highest BCUT2D eigenvalue weighted by atomic mass is 79.9. The smallest absolute Gasteiger partial charge is 0.279 e. The lowest BCUT2D eigenvalue weighted by molar-refractivity contribution is -0.133. The van der Waals surface area contributed by atoms with Gasteiger partial charge in [-0.05, 0) is 43.3 Å². The van der Waals surface area contributed by atoms with Gasteiger partial charge in [-0.3, -0.25) is 20.4 Å². The van der Waals surface area contributed by atoms with Gasteiger partial charge >= 0.3 is 0 Å². The van der Waals surface area contributed by atoms with Gasteiger partial charge in [-0.1, -0.05) is 28.1 Å². The van der Waals surface area contributed by atoms with Crippen molar-refractivity contribution in [1.29, 1.82) is 0 Å². The van der Waals surface area contributed by atoms with Crippen molar-refractivity contribution in [1.82, 2.24) is 10.9 Å². The molecule has 0 unspecified atom stereocenters. The van der Waals surface area contributed by atoms with Crippen LogP contribution in [0.5, 0.6) is 11.5 Å². The van der Waals surface area contributed by atoms with Crippen LogP contribution in [0.1, 0.15) is 6.92 Å². The summed E-state index contributed by atoms with van der Waals surface area (Å²) in [5, 5.41) is 0. The summed E-state index contributed by atoms with van der Waals surface area (Å²) in [6, 6.07) is 12.7. The van der Waals surface area contributed by atoms with Gasteiger partial charge in [-0.25, -0.2) is 4.39 Å². The molecule has 0 saturated carbocycles. The number of benzene rings is 2. The predicted molar refractivity (Wildman–Crippen MR) is 92.4 cm³/mol. The number of carbonyl (C=O) groups excluding carboxylic acids is 2. The number of ether oxygens (including phenoxy) is 2. The summed E-state index contributed by atoms with van der Waals surface area (Å²) in [5.41, 5.74) is 4.39. The second kappa shape index (κ2) is 9.03. The van der Waals surface area contributed by atoms with Crippen LogP contribution in [0.4, 0.5) is 4.39 Å². The third kappa shape index (κ3) is 6.07. The predicted octanol–water partition coefficient (Wildman–Crippen LogP) is 2.58. The van der Waals surface area contributed by atoms with E-state index in [1.54, 1.807) is 37.3 Å². The van der Waals surface area contributed by atoms with Gasteiger partial charge in [-0.2, -0.15) is 0 Å². The molecular weight excluding hydrogens is 395 g/mol. The van der Waals surface area contributed by atoms with Gasteiger partial charge in [0.05, 0.1) is 0 Å². The summed E-state index contributed by atoms with van der Waals surface area (Å²) in [4.78, 5) is 23.5. The van der Waals surface area contributed by atoms with Gasteiger partial charge in [0.25, 0.3) is 11.8 Å². The van der Waals surface area contributed by atoms with Gasteiger partial charge in [0, 0.05) is 4.47 Å². The van der Waals surface area contributed by atoms with Crippen LogP contribution in [-0.4, -0.2) is 24.5 Å². The van der Waals surface area contributed by atoms with E-state index in [1.807, 2.05) is 0 Å². The Hall–Kier alpha value is -2.61. The average molecular weight is 411 g/mol. The number of para-hydroxylation sites is 1. The average Bonchev–Trinajstić information content (AvgIpc) is 2.60. The van der Waals surface area contributed by atoms with Crippen molar-refractivity contribution < 1.29 is 23.5 Å². The molecule has 2 N–H and O–H groups in total. The molecule has 25 heavy (non-hydrogen) atoms. The first-order valence-corrected chi connectivity index (χ1v) is 8.13. The molecule has 0 aliphatic rings. The van der Waals surface area contributed by atoms with Crippen molar-refractivity contribution in [2.45, 2.75) is 13.0 Å². The molecule has 8 heteroatoms. The third-order valence-electron chi connectivity index (χ3n) is 3.02. The lowest BCUT2D eigenvalue weighted by atomic mass is 10.3. The minimum absolute atomic E-state index is 0.0454. The summed E-state index contributed by atoms with van der Waals surface area (Å²) in [7, 11) is 0. The van der Waals surface area contributed by atoms with Crippen molar-refractivity contribution in [2.75, 3.05) is 6.61 Å². The topological polar surface area (TPSA) is 76.7 Å². The molecule has 0 aliphatic heterocycles. The van der Waals surface area contributed by atoms with E-state index in [1.165, 1.54) is 18.2 Å². The molecule has 2 rings (SSSR count). The fourth-order valence-corrected chi connectivity index (χ4v) is 2.01. The minimum Gasteiger partial charge on any atom is -0.481 e. The number of hydrogen-bond donors (Lipinski definition) is 2. The largest absolute Gasteiger partial charge is 0.481 e. The van der Waals surface area contributed by atoms with Gasteiger partial charge < -0.3 is 9.47 Å². The van der Waals surface area contributed by atoms with E-state index < -0.39 is 30.3 Å². The van der Waals surface area contributed by atoms with Gasteiger partial charge in [0.2, 0.25) is 0 Å². The van der Waals surface area contributed by atoms with E-state index in [2.05, 4.69) is 26.8 Å². The van der Waals surface area contributed by atoms with E-state index in [4.69, 9.17) is 9.47 Å². The fourth-order valence-electron chi connectivity index (χ4n) is 1.74. The summed E-state index contributed by atoms with van der Waals surface area (Å²) in [5.74, 6) is -1.28. The van der Waals surface area contributed by atoms with Gasteiger partial charge in [-0.15, -0.1) is 0 Å². The van der Waals surface area contributed by atoms with E-state index in [0.717, 1.165) is 4.47 Å². The first-order valence-electron chi connectivity index (χ1n) is 7.34. The standard InChI is InChI=1S/C17H16BrFN2O4/c1-11(25-13-8-6-12(18)7-9-13)17(23)21-20-16(22)10-24-15-5-3-2-4-14(15)19/h2-9,11H,10H2,1H3,(H,20,22)(H,21,23)/t11-/m0/s1. The van der Waals surface area contributed by atoms with Crippen LogP contribution < -0.4 is 20.3 Å². The Labute approximate surface area is 152 Å². The number of hydrogen-bond acceptors (Lipinski definition) is 4. The molecule has 2 amide bonds. The summed E-state index contributed by atoms with van der Waals surface area (Å²) in [6.45, 7) is 1.10. The Balaban J connectivity index is 1.74. The first kappa shape index (κ1) is 18.7. The van der Waals surface area contributed by atoms with Crippen molar-refractivity contribution in [3.63, 3.8) is 0 Å². The molecule has 0 fully saturated rings. The first-order chi connectivity index (χ1) is 12.0. The molecule has 0 bridgehead atoms. The molecule has 0 heterocycles. The molecule has 0 radical (unpaired) electrons. The molecule has 2 aromatic rings. The Bertz CT molecular complexity index is 740. The SMILES string of the molecule is C[C@H](Oc1ccc(Br)cc1)C(=O)NNC(=O)COc1ccccc1F. The molecule has 1 atom stereocenters. The van der Waals surface area contributed by atoms with Crippen LogP contribution >= 0.6 is 15.9 Å². The highest BCUT2D eigenvalue weighted by molar-refractivity contribution is 9.10. The maximum absolute atomic E-state index is 13.3. The van der Waals surface area contributed by atoms with Gasteiger partial charge in [0.15, 0.2) is 24.3 Å². The zero-order valence-corrected chi connectivity index (χ0v) is 14.9. The van der Waals surface area contributed by atoms with Crippen LogP contribution in [0.15, 0.2) is 53.0 Å². The van der Waals surface area contributed by atoms with E-state index in [0.29, 0.717) is 5.75 Å². The van der Waals surface area contributed by atoms with Crippen molar-refractivity contribution in [3.05, 3.63) is 58.8 Å². The number of amides is 2. The van der Waals surface area contributed by atoms with Crippen LogP contribution in [0, 0.1) is 5.82 Å². The zero-order chi connectivity index (χ0) is 18.2. The molecule has 132 valence electrons. The molecule has 6 nitrogen and oxygen atoms in total. The Kier molecular flexibility index (Phi) is 6.76. The lowest BCUT2D eigenvalue weighted by Gasteiger charge is -2.15. The van der Waals surface area contributed by atoms with Crippen LogP contribution in [0.2, 0.25) is 0 Å². The van der Waals surface area contributed by atoms with Crippen molar-refractivity contribution in [2.24, 2.45) is 0 Å². The maximum atomic E-state index is 13.3. The van der Waals surface area contributed by atoms with E-state index in [9.17, 15) is 14.0 Å². The lowest BCUT2D eigenvalue weighted by Crippen LogP contribution is -2.48. The molecule has 2 aromatic carbocycles. The Morgan fingerprint density at radius 3 is 2.48 bits per heavy atom. The summed E-state index contributed by atoms with van der Waals surface area (Å²) >= 11 is 3.30. The monoisotopic (exact) mass is 410 g/mol. The third-order valence-corrected chi connectivity index (χ3v) is 3.54. The quantitative estimate of drug-likeness (QED) is 0.717. The summed E-state index contributed by atoms with van der Waals surface area (Å²) in [6.07, 6.45) is -0.825. The number of rotatable bonds is 6. The number of halogens is 2. The summed E-state index contributed by atoms with van der Waals surface area (Å²) < 4.78 is 24.7. The van der Waals surface area contributed by atoms with E-state index in [-0.39, 0.29) is 5.75 Å². The minimum atomic E-state index is -0.825. The van der Waals surface area contributed by atoms with Crippen molar-refractivity contribution >= 4 is 27.7 Å². The number of hydrazine groups is 1. The second-order valence-electron chi connectivity index (χ2n) is 4.97. The maximum Gasteiger partial charge on any atom is 0.279 e. The second-order valence-corrected chi connectivity index (χ2v) is 5.89. The number of carbonyl (C=O) groups is 2. The molecular formula is C17H16BrFN2O4. The fraction of sp³-hybridized carbons (Fsp3) is 0.176. The van der Waals surface area contributed by atoms with Crippen LogP contribution in [0.25, 0.3) is 0 Å². The zero-order valence-electron chi connectivity index (χ0n) is 13.3. The highest BCUT2D eigenvalue weighted by Crippen LogP contribution is 2.17. The Morgan fingerprint density at radius 2 is 1.80 bits per heavy atom. The van der Waals surface area contributed by atoms with E-state index >= 15 is 0 Å². The van der Waals surface area contributed by atoms with Crippen LogP contribution in [0.3, 0.4) is 0 Å². The molecule has 0 aromatic heterocycles. The molecule has 0 spiro atoms. The number of nitrogens with one attached hydrogen (secondary N) is 2. The van der Waals surface area contributed by atoms with Gasteiger partial charge in [0.1, 0.15) is 5.75 Å². The normalized spacial score (nSPS) is 11.3. The molecule has 0 saturated heterocycles. The Morgan fingerprint density at radius 1 is 1.12 bits per heavy atom. The molecule has 0 aliphatic carbocycles.